The Morgan fingerprint density at radius 1 is 1.58 bits per heavy atom. The molecule has 0 spiro atoms. The van der Waals surface area contributed by atoms with E-state index in [2.05, 4.69) is 15.2 Å². The van der Waals surface area contributed by atoms with Crippen LogP contribution >= 0.6 is 0 Å². The van der Waals surface area contributed by atoms with Crippen LogP contribution in [0.3, 0.4) is 0 Å². The number of piperidine rings is 1. The number of nitrogens with one attached hydrogen (secondary N) is 2. The van der Waals surface area contributed by atoms with Crippen LogP contribution in [0.5, 0.6) is 0 Å². The number of rotatable bonds is 5. The van der Waals surface area contributed by atoms with E-state index in [0.717, 1.165) is 31.6 Å². The molecule has 1 aliphatic heterocycles. The van der Waals surface area contributed by atoms with Gasteiger partial charge in [0, 0.05) is 25.9 Å². The van der Waals surface area contributed by atoms with Crippen molar-refractivity contribution in [2.75, 3.05) is 26.7 Å². The predicted octanol–water partition coefficient (Wildman–Crippen LogP) is 1.18. The number of aromatic nitrogens is 1. The molecule has 1 aliphatic rings. The third-order valence-corrected chi connectivity index (χ3v) is 3.67. The van der Waals surface area contributed by atoms with Crippen LogP contribution in [0, 0.1) is 0 Å². The highest BCUT2D eigenvalue weighted by atomic mass is 16.5. The summed E-state index contributed by atoms with van der Waals surface area (Å²) in [7, 11) is 1.65. The fourth-order valence-electron chi connectivity index (χ4n) is 2.40. The van der Waals surface area contributed by atoms with Crippen molar-refractivity contribution in [1.82, 2.24) is 15.2 Å². The minimum Gasteiger partial charge on any atom is -0.380 e. The molecule has 1 atom stereocenters. The molecular weight excluding hydrogens is 242 g/mol. The third-order valence-electron chi connectivity index (χ3n) is 3.67. The van der Waals surface area contributed by atoms with Gasteiger partial charge in [0.05, 0.1) is 6.10 Å². The second-order valence-electron chi connectivity index (χ2n) is 5.04. The number of carbonyl (C=O) groups excluding carboxylic acids is 1. The van der Waals surface area contributed by atoms with Gasteiger partial charge in [-0.1, -0.05) is 0 Å². The minimum absolute atomic E-state index is 0.0209. The molecule has 1 saturated heterocycles. The number of methoxy groups -OCH3 is 1. The monoisotopic (exact) mass is 265 g/mol. The molecular formula is C14H23N3O2. The summed E-state index contributed by atoms with van der Waals surface area (Å²) in [6, 6.07) is 4.25. The van der Waals surface area contributed by atoms with E-state index in [0.29, 0.717) is 12.6 Å². The molecule has 19 heavy (non-hydrogen) atoms. The van der Waals surface area contributed by atoms with E-state index < -0.39 is 0 Å². The van der Waals surface area contributed by atoms with Gasteiger partial charge in [0.2, 0.25) is 0 Å². The van der Waals surface area contributed by atoms with Crippen LogP contribution in [0.15, 0.2) is 18.3 Å². The molecule has 1 fully saturated rings. The van der Waals surface area contributed by atoms with E-state index in [9.17, 15) is 4.79 Å². The lowest BCUT2D eigenvalue weighted by Crippen LogP contribution is -2.35. The van der Waals surface area contributed by atoms with Gasteiger partial charge in [-0.3, -0.25) is 4.79 Å². The second-order valence-corrected chi connectivity index (χ2v) is 5.04. The first-order valence-electron chi connectivity index (χ1n) is 6.91. The van der Waals surface area contributed by atoms with Gasteiger partial charge in [-0.2, -0.15) is 0 Å². The SMILES string of the molecule is COC(C)CNC(=O)c1cccn1C1CCNCC1. The lowest BCUT2D eigenvalue weighted by molar-refractivity contribution is 0.0859. The topological polar surface area (TPSA) is 55.3 Å². The normalized spacial score (nSPS) is 18.2. The van der Waals surface area contributed by atoms with Gasteiger partial charge in [-0.05, 0) is 45.0 Å². The van der Waals surface area contributed by atoms with Crippen LogP contribution in [0.1, 0.15) is 36.3 Å². The number of ether oxygens (including phenoxy) is 1. The van der Waals surface area contributed by atoms with Gasteiger partial charge in [-0.15, -0.1) is 0 Å². The molecule has 2 rings (SSSR count). The van der Waals surface area contributed by atoms with Crippen LogP contribution in [-0.4, -0.2) is 43.3 Å². The van der Waals surface area contributed by atoms with Gasteiger partial charge < -0.3 is 19.9 Å². The van der Waals surface area contributed by atoms with Crippen LogP contribution in [0.2, 0.25) is 0 Å². The van der Waals surface area contributed by atoms with Crippen LogP contribution in [0.4, 0.5) is 0 Å². The number of amides is 1. The Morgan fingerprint density at radius 3 is 3.00 bits per heavy atom. The van der Waals surface area contributed by atoms with E-state index in [1.54, 1.807) is 7.11 Å². The van der Waals surface area contributed by atoms with Crippen LogP contribution < -0.4 is 10.6 Å². The first kappa shape index (κ1) is 14.1. The van der Waals surface area contributed by atoms with Crippen molar-refractivity contribution in [2.45, 2.75) is 31.9 Å². The standard InChI is InChI=1S/C14H23N3O2/c1-11(19-2)10-16-14(18)13-4-3-9-17(13)12-5-7-15-8-6-12/h3-4,9,11-12,15H,5-8,10H2,1-2H3,(H,16,18). The quantitative estimate of drug-likeness (QED) is 0.840. The maximum Gasteiger partial charge on any atom is 0.268 e. The summed E-state index contributed by atoms with van der Waals surface area (Å²) < 4.78 is 7.24. The van der Waals surface area contributed by atoms with E-state index >= 15 is 0 Å². The smallest absolute Gasteiger partial charge is 0.268 e. The Bertz CT molecular complexity index is 411. The largest absolute Gasteiger partial charge is 0.380 e. The van der Waals surface area contributed by atoms with Gasteiger partial charge in [0.15, 0.2) is 0 Å². The Kier molecular flexibility index (Phi) is 4.99. The third kappa shape index (κ3) is 3.58. The fourth-order valence-corrected chi connectivity index (χ4v) is 2.40. The summed E-state index contributed by atoms with van der Waals surface area (Å²) >= 11 is 0. The molecule has 1 aromatic rings. The Labute approximate surface area is 114 Å². The minimum atomic E-state index is -0.0209. The van der Waals surface area contributed by atoms with Crippen molar-refractivity contribution >= 4 is 5.91 Å². The first-order chi connectivity index (χ1) is 9.22. The van der Waals surface area contributed by atoms with Crippen LogP contribution in [-0.2, 0) is 4.74 Å². The lowest BCUT2D eigenvalue weighted by Gasteiger charge is -2.26. The van der Waals surface area contributed by atoms with E-state index in [1.807, 2.05) is 25.3 Å². The van der Waals surface area contributed by atoms with E-state index in [-0.39, 0.29) is 12.0 Å². The molecule has 5 nitrogen and oxygen atoms in total. The molecule has 106 valence electrons. The summed E-state index contributed by atoms with van der Waals surface area (Å²) in [6.45, 7) is 4.51. The molecule has 0 radical (unpaired) electrons. The Morgan fingerprint density at radius 2 is 2.32 bits per heavy atom. The maximum absolute atomic E-state index is 12.2. The predicted molar refractivity (Wildman–Crippen MR) is 74.4 cm³/mol. The fraction of sp³-hybridized carbons (Fsp3) is 0.643. The zero-order valence-corrected chi connectivity index (χ0v) is 11.7. The van der Waals surface area contributed by atoms with Crippen molar-refractivity contribution in [3.05, 3.63) is 24.0 Å². The number of hydrogen-bond donors (Lipinski definition) is 2. The highest BCUT2D eigenvalue weighted by Crippen LogP contribution is 2.21. The van der Waals surface area contributed by atoms with E-state index in [1.165, 1.54) is 0 Å². The van der Waals surface area contributed by atoms with E-state index in [4.69, 9.17) is 4.74 Å². The molecule has 5 heteroatoms. The first-order valence-corrected chi connectivity index (χ1v) is 6.91. The molecule has 1 aromatic heterocycles. The van der Waals surface area contributed by atoms with Crippen LogP contribution in [0.25, 0.3) is 0 Å². The maximum atomic E-state index is 12.2. The highest BCUT2D eigenvalue weighted by Gasteiger charge is 2.19. The molecule has 1 unspecified atom stereocenters. The molecule has 0 saturated carbocycles. The Hall–Kier alpha value is -1.33. The zero-order valence-electron chi connectivity index (χ0n) is 11.7. The molecule has 0 aromatic carbocycles. The zero-order chi connectivity index (χ0) is 13.7. The molecule has 2 heterocycles. The average Bonchev–Trinajstić information content (AvgIpc) is 2.94. The molecule has 1 amide bonds. The van der Waals surface area contributed by atoms with Gasteiger partial charge >= 0.3 is 0 Å². The van der Waals surface area contributed by atoms with Crippen molar-refractivity contribution in [3.63, 3.8) is 0 Å². The van der Waals surface area contributed by atoms with Gasteiger partial charge in [0.1, 0.15) is 5.69 Å². The van der Waals surface area contributed by atoms with Crippen molar-refractivity contribution in [2.24, 2.45) is 0 Å². The lowest BCUT2D eigenvalue weighted by atomic mass is 10.1. The number of nitrogens with zero attached hydrogens (tertiary/aromatic N) is 1. The number of hydrogen-bond acceptors (Lipinski definition) is 3. The van der Waals surface area contributed by atoms with Crippen molar-refractivity contribution in [3.8, 4) is 0 Å². The molecule has 0 bridgehead atoms. The Balaban J connectivity index is 1.99. The summed E-state index contributed by atoms with van der Waals surface area (Å²) in [6.07, 6.45) is 4.18. The summed E-state index contributed by atoms with van der Waals surface area (Å²) in [5.41, 5.74) is 0.746. The summed E-state index contributed by atoms with van der Waals surface area (Å²) in [4.78, 5) is 12.2. The van der Waals surface area contributed by atoms with Crippen molar-refractivity contribution < 1.29 is 9.53 Å². The molecule has 2 N–H and O–H groups in total. The van der Waals surface area contributed by atoms with Crippen molar-refractivity contribution in [1.29, 1.82) is 0 Å². The highest BCUT2D eigenvalue weighted by molar-refractivity contribution is 5.92. The van der Waals surface area contributed by atoms with Gasteiger partial charge in [0.25, 0.3) is 5.91 Å². The second kappa shape index (κ2) is 6.73. The number of carbonyl (C=O) groups is 1. The average molecular weight is 265 g/mol. The summed E-state index contributed by atoms with van der Waals surface area (Å²) in [5.74, 6) is -0.0209. The summed E-state index contributed by atoms with van der Waals surface area (Å²) in [5, 5.41) is 6.26. The van der Waals surface area contributed by atoms with Gasteiger partial charge in [-0.25, -0.2) is 0 Å². The molecule has 0 aliphatic carbocycles.